The summed E-state index contributed by atoms with van der Waals surface area (Å²) >= 11 is 0. The molecule has 34 heavy (non-hydrogen) atoms. The molecule has 1 atom stereocenters. The first-order chi connectivity index (χ1) is 16.2. The van der Waals surface area contributed by atoms with E-state index >= 15 is 0 Å². The third-order valence-electron chi connectivity index (χ3n) is 5.47. The van der Waals surface area contributed by atoms with Crippen molar-refractivity contribution in [2.45, 2.75) is 39.3 Å². The predicted octanol–water partition coefficient (Wildman–Crippen LogP) is 4.02. The van der Waals surface area contributed by atoms with E-state index in [0.717, 1.165) is 23.4 Å². The van der Waals surface area contributed by atoms with E-state index in [2.05, 4.69) is 20.7 Å². The highest BCUT2D eigenvalue weighted by molar-refractivity contribution is 6.03. The van der Waals surface area contributed by atoms with Gasteiger partial charge in [-0.25, -0.2) is 4.98 Å². The van der Waals surface area contributed by atoms with Crippen LogP contribution >= 0.6 is 0 Å². The Balaban J connectivity index is 1.44. The van der Waals surface area contributed by atoms with Gasteiger partial charge in [0.1, 0.15) is 5.82 Å². The Morgan fingerprint density at radius 1 is 1.24 bits per heavy atom. The summed E-state index contributed by atoms with van der Waals surface area (Å²) in [4.78, 5) is 18.6. The van der Waals surface area contributed by atoms with Crippen molar-refractivity contribution in [1.82, 2.24) is 14.8 Å². The van der Waals surface area contributed by atoms with Crippen LogP contribution in [0.15, 0.2) is 42.7 Å². The molecule has 180 valence electrons. The molecular formula is C23H25F3N6O2. The lowest BCUT2D eigenvalue weighted by Gasteiger charge is -2.35. The fourth-order valence-corrected chi connectivity index (χ4v) is 3.82. The number of pyridine rings is 1. The average molecular weight is 474 g/mol. The first kappa shape index (κ1) is 23.6. The average Bonchev–Trinajstić information content (AvgIpc) is 3.23. The number of nitrogens with one attached hydrogen (secondary N) is 2. The fourth-order valence-electron chi connectivity index (χ4n) is 3.82. The summed E-state index contributed by atoms with van der Waals surface area (Å²) in [5, 5.41) is 10.4. The van der Waals surface area contributed by atoms with Gasteiger partial charge in [0.15, 0.2) is 0 Å². The molecule has 8 nitrogen and oxygen atoms in total. The van der Waals surface area contributed by atoms with Crippen LogP contribution in [0.1, 0.15) is 29.3 Å². The van der Waals surface area contributed by atoms with Gasteiger partial charge in [-0.3, -0.25) is 9.48 Å². The van der Waals surface area contributed by atoms with Crippen LogP contribution < -0.4 is 15.5 Å². The molecule has 0 aliphatic carbocycles. The molecule has 1 aromatic carbocycles. The van der Waals surface area contributed by atoms with E-state index in [1.165, 1.54) is 6.07 Å². The monoisotopic (exact) mass is 474 g/mol. The molecule has 0 saturated carbocycles. The van der Waals surface area contributed by atoms with Crippen LogP contribution in [0.25, 0.3) is 0 Å². The molecule has 4 rings (SSSR count). The second-order valence-electron chi connectivity index (χ2n) is 7.99. The minimum absolute atomic E-state index is 0.226. The summed E-state index contributed by atoms with van der Waals surface area (Å²) in [6.45, 7) is 4.68. The highest BCUT2D eigenvalue weighted by Crippen LogP contribution is 2.35. The number of rotatable bonds is 7. The summed E-state index contributed by atoms with van der Waals surface area (Å²) < 4.78 is 46.0. The van der Waals surface area contributed by atoms with Gasteiger partial charge in [-0.05, 0) is 31.5 Å². The number of ether oxygens (including phenoxy) is 1. The SMILES string of the molecule is CCOC1C(=O)Nc2c(cc(NCc3cnn(Cc4cccc(C(F)(F)F)c4)c3)nc2C)N1C. The van der Waals surface area contributed by atoms with E-state index < -0.39 is 18.0 Å². The molecule has 0 fully saturated rings. The van der Waals surface area contributed by atoms with Gasteiger partial charge in [-0.1, -0.05) is 12.1 Å². The minimum Gasteiger partial charge on any atom is -0.366 e. The van der Waals surface area contributed by atoms with Crippen molar-refractivity contribution < 1.29 is 22.7 Å². The summed E-state index contributed by atoms with van der Waals surface area (Å²) in [7, 11) is 1.79. The van der Waals surface area contributed by atoms with E-state index in [-0.39, 0.29) is 12.5 Å². The summed E-state index contributed by atoms with van der Waals surface area (Å²) in [6, 6.07) is 7.04. The Kier molecular flexibility index (Phi) is 6.47. The largest absolute Gasteiger partial charge is 0.416 e. The van der Waals surface area contributed by atoms with Crippen LogP contribution in [0.3, 0.4) is 0 Å². The van der Waals surface area contributed by atoms with Crippen molar-refractivity contribution in [3.8, 4) is 0 Å². The van der Waals surface area contributed by atoms with Crippen molar-refractivity contribution in [2.24, 2.45) is 0 Å². The van der Waals surface area contributed by atoms with Crippen molar-refractivity contribution in [2.75, 3.05) is 29.2 Å². The lowest BCUT2D eigenvalue weighted by Crippen LogP contribution is -2.48. The number of carbonyl (C=O) groups is 1. The minimum atomic E-state index is -4.38. The highest BCUT2D eigenvalue weighted by Gasteiger charge is 2.33. The van der Waals surface area contributed by atoms with E-state index in [9.17, 15) is 18.0 Å². The Bertz CT molecular complexity index is 1190. The summed E-state index contributed by atoms with van der Waals surface area (Å²) in [5.41, 5.74) is 2.77. The Morgan fingerprint density at radius 2 is 2.03 bits per heavy atom. The van der Waals surface area contributed by atoms with Crippen LogP contribution in [-0.4, -0.2) is 40.6 Å². The number of fused-ring (bicyclic) bond motifs is 1. The van der Waals surface area contributed by atoms with Crippen LogP contribution in [0.2, 0.25) is 0 Å². The maximum Gasteiger partial charge on any atom is 0.416 e. The molecule has 2 N–H and O–H groups in total. The smallest absolute Gasteiger partial charge is 0.366 e. The molecule has 11 heteroatoms. The van der Waals surface area contributed by atoms with Gasteiger partial charge >= 0.3 is 6.18 Å². The molecule has 1 aliphatic rings. The molecule has 0 spiro atoms. The summed E-state index contributed by atoms with van der Waals surface area (Å²) in [6.07, 6.45) is -1.67. The number of carbonyl (C=O) groups excluding carboxylic acids is 1. The van der Waals surface area contributed by atoms with E-state index in [1.54, 1.807) is 35.1 Å². The van der Waals surface area contributed by atoms with E-state index in [1.807, 2.05) is 19.9 Å². The van der Waals surface area contributed by atoms with Gasteiger partial charge in [-0.15, -0.1) is 0 Å². The predicted molar refractivity (Wildman–Crippen MR) is 122 cm³/mol. The standard InChI is InChI=1S/C23H25F3N6O2/c1-4-34-22-21(33)30-20-14(2)29-19(9-18(20)31(22)3)27-10-16-11-28-32(13-16)12-15-6-5-7-17(8-15)23(24,25)26/h5-9,11,13,22H,4,10,12H2,1-3H3,(H,27,29)(H,30,33). The number of hydrogen-bond donors (Lipinski definition) is 2. The van der Waals surface area contributed by atoms with Gasteiger partial charge in [0.25, 0.3) is 5.91 Å². The third-order valence-corrected chi connectivity index (χ3v) is 5.47. The Labute approximate surface area is 194 Å². The number of aryl methyl sites for hydroxylation is 1. The molecule has 0 bridgehead atoms. The first-order valence-electron chi connectivity index (χ1n) is 10.7. The Morgan fingerprint density at radius 3 is 2.76 bits per heavy atom. The van der Waals surface area contributed by atoms with Crippen molar-refractivity contribution >= 4 is 23.1 Å². The number of aromatic nitrogens is 3. The summed E-state index contributed by atoms with van der Waals surface area (Å²) in [5.74, 6) is 0.371. The van der Waals surface area contributed by atoms with Crippen LogP contribution in [-0.2, 0) is 28.8 Å². The van der Waals surface area contributed by atoms with Crippen molar-refractivity contribution in [1.29, 1.82) is 0 Å². The zero-order chi connectivity index (χ0) is 24.5. The lowest BCUT2D eigenvalue weighted by molar-refractivity contribution is -0.137. The zero-order valence-corrected chi connectivity index (χ0v) is 19.0. The van der Waals surface area contributed by atoms with Crippen molar-refractivity contribution in [3.05, 3.63) is 65.1 Å². The third kappa shape index (κ3) is 4.98. The molecule has 0 saturated heterocycles. The molecule has 3 heterocycles. The van der Waals surface area contributed by atoms with E-state index in [0.29, 0.717) is 35.9 Å². The van der Waals surface area contributed by atoms with Crippen LogP contribution in [0, 0.1) is 6.92 Å². The van der Waals surface area contributed by atoms with Gasteiger partial charge in [0.2, 0.25) is 6.23 Å². The first-order valence-corrected chi connectivity index (χ1v) is 10.7. The molecular weight excluding hydrogens is 449 g/mol. The number of amides is 1. The van der Waals surface area contributed by atoms with Crippen LogP contribution in [0.4, 0.5) is 30.4 Å². The number of anilines is 3. The highest BCUT2D eigenvalue weighted by atomic mass is 19.4. The van der Waals surface area contributed by atoms with E-state index in [4.69, 9.17) is 4.74 Å². The second kappa shape index (κ2) is 9.34. The maximum absolute atomic E-state index is 12.9. The maximum atomic E-state index is 12.9. The molecule has 1 amide bonds. The lowest BCUT2D eigenvalue weighted by atomic mass is 10.1. The van der Waals surface area contributed by atoms with Crippen LogP contribution in [0.5, 0.6) is 0 Å². The topological polar surface area (TPSA) is 84.3 Å². The number of hydrogen-bond acceptors (Lipinski definition) is 6. The second-order valence-corrected chi connectivity index (χ2v) is 7.99. The normalized spacial score (nSPS) is 15.8. The van der Waals surface area contributed by atoms with Gasteiger partial charge in [-0.2, -0.15) is 18.3 Å². The van der Waals surface area contributed by atoms with Gasteiger partial charge < -0.3 is 20.3 Å². The number of alkyl halides is 3. The van der Waals surface area contributed by atoms with Gasteiger partial charge in [0.05, 0.1) is 35.4 Å². The zero-order valence-electron chi connectivity index (χ0n) is 19.0. The molecule has 1 unspecified atom stereocenters. The van der Waals surface area contributed by atoms with Crippen molar-refractivity contribution in [3.63, 3.8) is 0 Å². The molecule has 2 aromatic heterocycles. The molecule has 1 aliphatic heterocycles. The van der Waals surface area contributed by atoms with Gasteiger partial charge in [0, 0.05) is 38.0 Å². The number of nitrogens with zero attached hydrogens (tertiary/aromatic N) is 4. The molecule has 3 aromatic rings. The number of benzene rings is 1. The Hall–Kier alpha value is -3.60. The number of halogens is 3. The number of likely N-dealkylation sites (N-methyl/N-ethyl adjacent to an activating group) is 1. The molecule has 0 radical (unpaired) electrons. The fraction of sp³-hybridized carbons (Fsp3) is 0.348. The quantitative estimate of drug-likeness (QED) is 0.538.